The molecule has 0 saturated heterocycles. The number of aromatic nitrogens is 1. The third kappa shape index (κ3) is 1.70. The second kappa shape index (κ2) is 4.21. The van der Waals surface area contributed by atoms with Crippen LogP contribution in [-0.2, 0) is 6.42 Å². The molecule has 0 spiro atoms. The van der Waals surface area contributed by atoms with Crippen LogP contribution in [0.1, 0.15) is 18.9 Å². The third-order valence-corrected chi connectivity index (χ3v) is 3.44. The molecule has 17 heavy (non-hydrogen) atoms. The average Bonchev–Trinajstić information content (AvgIpc) is 2.78. The van der Waals surface area contributed by atoms with Gasteiger partial charge in [0, 0.05) is 17.9 Å². The molecule has 0 amide bonds. The fourth-order valence-corrected chi connectivity index (χ4v) is 2.59. The Bertz CT molecular complexity index is 507. The summed E-state index contributed by atoms with van der Waals surface area (Å²) in [7, 11) is 0. The third-order valence-electron chi connectivity index (χ3n) is 3.44. The second-order valence-electron chi connectivity index (χ2n) is 4.45. The zero-order chi connectivity index (χ0) is 11.7. The average molecular weight is 224 g/mol. The Hall–Kier alpha value is -1.83. The van der Waals surface area contributed by atoms with E-state index in [-0.39, 0.29) is 0 Å². The van der Waals surface area contributed by atoms with Crippen LogP contribution < -0.4 is 4.90 Å². The number of hydrogen-bond donors (Lipinski definition) is 0. The Morgan fingerprint density at radius 3 is 2.76 bits per heavy atom. The Kier molecular flexibility index (Phi) is 2.56. The normalized spacial score (nSPS) is 18.2. The van der Waals surface area contributed by atoms with Gasteiger partial charge in [-0.2, -0.15) is 0 Å². The molecule has 1 atom stereocenters. The first-order valence-electron chi connectivity index (χ1n) is 6.18. The van der Waals surface area contributed by atoms with Crippen molar-refractivity contribution in [1.82, 2.24) is 4.98 Å². The molecule has 0 bridgehead atoms. The van der Waals surface area contributed by atoms with Gasteiger partial charge in [-0.3, -0.25) is 0 Å². The summed E-state index contributed by atoms with van der Waals surface area (Å²) in [6, 6.07) is 15.3. The lowest BCUT2D eigenvalue weighted by molar-refractivity contribution is 0.658. The molecule has 0 fully saturated rings. The van der Waals surface area contributed by atoms with Crippen molar-refractivity contribution in [3.63, 3.8) is 0 Å². The molecular weight excluding hydrogens is 208 g/mol. The molecule has 1 aliphatic heterocycles. The van der Waals surface area contributed by atoms with Crippen LogP contribution in [0.2, 0.25) is 0 Å². The fraction of sp³-hybridized carbons (Fsp3) is 0.267. The molecule has 2 heterocycles. The van der Waals surface area contributed by atoms with Crippen LogP contribution >= 0.6 is 0 Å². The maximum atomic E-state index is 4.48. The number of fused-ring (bicyclic) bond motifs is 1. The quantitative estimate of drug-likeness (QED) is 0.775. The number of hydrogen-bond acceptors (Lipinski definition) is 2. The monoisotopic (exact) mass is 224 g/mol. The van der Waals surface area contributed by atoms with E-state index in [0.717, 1.165) is 18.7 Å². The van der Waals surface area contributed by atoms with Crippen molar-refractivity contribution in [2.45, 2.75) is 25.8 Å². The number of nitrogens with zero attached hydrogens (tertiary/aromatic N) is 2. The van der Waals surface area contributed by atoms with Crippen molar-refractivity contribution in [2.75, 3.05) is 4.90 Å². The van der Waals surface area contributed by atoms with E-state index in [1.807, 2.05) is 12.3 Å². The predicted molar refractivity (Wildman–Crippen MR) is 70.6 cm³/mol. The summed E-state index contributed by atoms with van der Waals surface area (Å²) in [5, 5.41) is 0. The Balaban J connectivity index is 2.08. The van der Waals surface area contributed by atoms with E-state index in [1.54, 1.807) is 0 Å². The standard InChI is InChI=1S/C15H16N2/c1-2-13-11-12-7-3-4-8-14(12)17(13)15-9-5-6-10-16-15/h3-10,13H,2,11H2,1H3. The first-order chi connectivity index (χ1) is 8.40. The van der Waals surface area contributed by atoms with E-state index < -0.39 is 0 Å². The van der Waals surface area contributed by atoms with Gasteiger partial charge in [0.2, 0.25) is 0 Å². The molecule has 2 aromatic rings. The van der Waals surface area contributed by atoms with Crippen LogP contribution in [0.15, 0.2) is 48.7 Å². The van der Waals surface area contributed by atoms with Crippen LogP contribution in [0.3, 0.4) is 0 Å². The summed E-state index contributed by atoms with van der Waals surface area (Å²) >= 11 is 0. The first-order valence-corrected chi connectivity index (χ1v) is 6.18. The van der Waals surface area contributed by atoms with Gasteiger partial charge in [0.05, 0.1) is 0 Å². The zero-order valence-electron chi connectivity index (χ0n) is 10.0. The number of benzene rings is 1. The molecule has 0 radical (unpaired) electrons. The molecule has 1 aliphatic rings. The molecule has 0 N–H and O–H groups in total. The maximum absolute atomic E-state index is 4.48. The lowest BCUT2D eigenvalue weighted by Gasteiger charge is -2.25. The minimum atomic E-state index is 0.544. The lowest BCUT2D eigenvalue weighted by Crippen LogP contribution is -2.27. The number of para-hydroxylation sites is 1. The van der Waals surface area contributed by atoms with E-state index >= 15 is 0 Å². The predicted octanol–water partition coefficient (Wildman–Crippen LogP) is 3.55. The highest BCUT2D eigenvalue weighted by molar-refractivity contribution is 5.68. The fourth-order valence-electron chi connectivity index (χ4n) is 2.59. The highest BCUT2D eigenvalue weighted by atomic mass is 15.2. The van der Waals surface area contributed by atoms with E-state index in [4.69, 9.17) is 0 Å². The zero-order valence-corrected chi connectivity index (χ0v) is 10.0. The molecular formula is C15H16N2. The van der Waals surface area contributed by atoms with Crippen LogP contribution in [0, 0.1) is 0 Å². The minimum absolute atomic E-state index is 0.544. The van der Waals surface area contributed by atoms with Gasteiger partial charge >= 0.3 is 0 Å². The summed E-state index contributed by atoms with van der Waals surface area (Å²) < 4.78 is 0. The van der Waals surface area contributed by atoms with Crippen molar-refractivity contribution >= 4 is 11.5 Å². The van der Waals surface area contributed by atoms with Crippen molar-refractivity contribution in [1.29, 1.82) is 0 Å². The lowest BCUT2D eigenvalue weighted by atomic mass is 10.1. The summed E-state index contributed by atoms with van der Waals surface area (Å²) in [5.41, 5.74) is 2.75. The van der Waals surface area contributed by atoms with Gasteiger partial charge in [0.1, 0.15) is 5.82 Å². The molecule has 3 rings (SSSR count). The number of rotatable bonds is 2. The molecule has 0 saturated carbocycles. The molecule has 0 aliphatic carbocycles. The molecule has 2 heteroatoms. The van der Waals surface area contributed by atoms with Gasteiger partial charge < -0.3 is 4.90 Å². The highest BCUT2D eigenvalue weighted by Crippen LogP contribution is 2.37. The van der Waals surface area contributed by atoms with Crippen LogP contribution in [0.4, 0.5) is 11.5 Å². The van der Waals surface area contributed by atoms with E-state index in [2.05, 4.69) is 53.2 Å². The molecule has 1 aromatic carbocycles. The van der Waals surface area contributed by atoms with Gasteiger partial charge in [-0.25, -0.2) is 4.98 Å². The van der Waals surface area contributed by atoms with Gasteiger partial charge in [0.25, 0.3) is 0 Å². The maximum Gasteiger partial charge on any atom is 0.133 e. The molecule has 86 valence electrons. The summed E-state index contributed by atoms with van der Waals surface area (Å²) in [5.74, 6) is 1.06. The SMILES string of the molecule is CCC1Cc2ccccc2N1c1ccccn1. The van der Waals surface area contributed by atoms with Crippen molar-refractivity contribution in [2.24, 2.45) is 0 Å². The highest BCUT2D eigenvalue weighted by Gasteiger charge is 2.29. The Morgan fingerprint density at radius 1 is 1.18 bits per heavy atom. The number of pyridine rings is 1. The van der Waals surface area contributed by atoms with E-state index in [1.165, 1.54) is 11.3 Å². The minimum Gasteiger partial charge on any atom is -0.323 e. The topological polar surface area (TPSA) is 16.1 Å². The van der Waals surface area contributed by atoms with Crippen LogP contribution in [0.5, 0.6) is 0 Å². The van der Waals surface area contributed by atoms with Crippen LogP contribution in [0.25, 0.3) is 0 Å². The Labute approximate surface area is 102 Å². The largest absolute Gasteiger partial charge is 0.323 e. The smallest absolute Gasteiger partial charge is 0.133 e. The second-order valence-corrected chi connectivity index (χ2v) is 4.45. The van der Waals surface area contributed by atoms with Crippen molar-refractivity contribution < 1.29 is 0 Å². The van der Waals surface area contributed by atoms with Crippen molar-refractivity contribution in [3.8, 4) is 0 Å². The van der Waals surface area contributed by atoms with Gasteiger partial charge in [0.15, 0.2) is 0 Å². The van der Waals surface area contributed by atoms with Crippen LogP contribution in [-0.4, -0.2) is 11.0 Å². The summed E-state index contributed by atoms with van der Waals surface area (Å²) in [4.78, 5) is 6.85. The van der Waals surface area contributed by atoms with Crippen molar-refractivity contribution in [3.05, 3.63) is 54.2 Å². The molecule has 1 unspecified atom stereocenters. The molecule has 2 nitrogen and oxygen atoms in total. The van der Waals surface area contributed by atoms with E-state index in [9.17, 15) is 0 Å². The Morgan fingerprint density at radius 2 is 2.00 bits per heavy atom. The molecule has 1 aromatic heterocycles. The first kappa shape index (κ1) is 10.3. The van der Waals surface area contributed by atoms with E-state index in [0.29, 0.717) is 6.04 Å². The summed E-state index contributed by atoms with van der Waals surface area (Å²) in [6.45, 7) is 2.24. The summed E-state index contributed by atoms with van der Waals surface area (Å²) in [6.07, 6.45) is 4.14. The van der Waals surface area contributed by atoms with Gasteiger partial charge in [-0.05, 0) is 36.6 Å². The number of anilines is 2. The van der Waals surface area contributed by atoms with Gasteiger partial charge in [-0.1, -0.05) is 31.2 Å². The van der Waals surface area contributed by atoms with Gasteiger partial charge in [-0.15, -0.1) is 0 Å².